The molecule has 2 unspecified atom stereocenters. The standard InChI is InChI=1S/C16H17Cl2FN2O6S/c1-4-26-16(22)14-12(18)11(21-27-28(3,23)24)7-10(20-14)8-5-6-9(17)15(25-2)13(8)19/h5-7,10,12,21H,4H2,1-3H3. The van der Waals surface area contributed by atoms with Crippen molar-refractivity contribution in [3.05, 3.63) is 40.3 Å². The number of rotatable bonds is 7. The van der Waals surface area contributed by atoms with Crippen molar-refractivity contribution in [1.29, 1.82) is 0 Å². The Morgan fingerprint density at radius 1 is 1.39 bits per heavy atom. The van der Waals surface area contributed by atoms with E-state index in [0.29, 0.717) is 0 Å². The van der Waals surface area contributed by atoms with E-state index in [1.165, 1.54) is 25.3 Å². The second kappa shape index (κ2) is 9.08. The van der Waals surface area contributed by atoms with Crippen molar-refractivity contribution in [2.45, 2.75) is 18.3 Å². The van der Waals surface area contributed by atoms with Gasteiger partial charge in [-0.05, 0) is 19.1 Å². The Kier molecular flexibility index (Phi) is 7.27. The van der Waals surface area contributed by atoms with Crippen LogP contribution in [-0.2, 0) is 23.9 Å². The zero-order chi connectivity index (χ0) is 21.1. The minimum absolute atomic E-state index is 0.0188. The highest BCUT2D eigenvalue weighted by atomic mass is 35.5. The van der Waals surface area contributed by atoms with Crippen LogP contribution in [0.2, 0.25) is 5.02 Å². The minimum Gasteiger partial charge on any atom is -0.492 e. The summed E-state index contributed by atoms with van der Waals surface area (Å²) < 4.78 is 51.7. The first kappa shape index (κ1) is 22.4. The van der Waals surface area contributed by atoms with Gasteiger partial charge in [0.05, 0.1) is 36.7 Å². The van der Waals surface area contributed by atoms with Crippen molar-refractivity contribution >= 4 is 45.0 Å². The maximum absolute atomic E-state index is 14.8. The van der Waals surface area contributed by atoms with Crippen LogP contribution >= 0.6 is 23.2 Å². The van der Waals surface area contributed by atoms with Gasteiger partial charge in [0.15, 0.2) is 11.6 Å². The minimum atomic E-state index is -3.88. The van der Waals surface area contributed by atoms with Crippen LogP contribution < -0.4 is 10.2 Å². The number of esters is 1. The Labute approximate surface area is 171 Å². The molecule has 1 heterocycles. The maximum Gasteiger partial charge on any atom is 0.354 e. The SMILES string of the molecule is CCOC(=O)C1=NC(c2ccc(Cl)c(OC)c2F)C=C(NOS(C)(=O)=O)C1Cl. The lowest BCUT2D eigenvalue weighted by atomic mass is 10.00. The van der Waals surface area contributed by atoms with E-state index in [0.717, 1.165) is 6.26 Å². The van der Waals surface area contributed by atoms with E-state index in [1.807, 2.05) is 0 Å². The van der Waals surface area contributed by atoms with Gasteiger partial charge in [0.25, 0.3) is 10.1 Å². The fraction of sp³-hybridized carbons (Fsp3) is 0.375. The Hall–Kier alpha value is -1.88. The van der Waals surface area contributed by atoms with E-state index in [-0.39, 0.29) is 34.4 Å². The van der Waals surface area contributed by atoms with Crippen LogP contribution in [-0.4, -0.2) is 45.4 Å². The molecule has 8 nitrogen and oxygen atoms in total. The topological polar surface area (TPSA) is 103 Å². The Balaban J connectivity index is 2.52. The zero-order valence-corrected chi connectivity index (χ0v) is 17.4. The molecule has 2 atom stereocenters. The van der Waals surface area contributed by atoms with Crippen LogP contribution in [0.4, 0.5) is 4.39 Å². The molecule has 0 aliphatic carbocycles. The largest absolute Gasteiger partial charge is 0.492 e. The molecule has 1 aliphatic rings. The number of halogens is 3. The summed E-state index contributed by atoms with van der Waals surface area (Å²) in [6, 6.07) is 1.71. The first-order chi connectivity index (χ1) is 13.1. The highest BCUT2D eigenvalue weighted by Crippen LogP contribution is 2.36. The Morgan fingerprint density at radius 3 is 2.64 bits per heavy atom. The van der Waals surface area contributed by atoms with Gasteiger partial charge < -0.3 is 9.47 Å². The summed E-state index contributed by atoms with van der Waals surface area (Å²) in [4.78, 5) is 16.4. The molecular formula is C16H17Cl2FN2O6S. The van der Waals surface area contributed by atoms with Crippen LogP contribution in [0.1, 0.15) is 18.5 Å². The molecule has 0 saturated heterocycles. The smallest absolute Gasteiger partial charge is 0.354 e. The van der Waals surface area contributed by atoms with Crippen LogP contribution in [0.3, 0.4) is 0 Å². The second-order valence-electron chi connectivity index (χ2n) is 5.54. The molecule has 12 heteroatoms. The first-order valence-electron chi connectivity index (χ1n) is 7.86. The van der Waals surface area contributed by atoms with Crippen LogP contribution in [0.25, 0.3) is 0 Å². The van der Waals surface area contributed by atoms with Gasteiger partial charge in [0, 0.05) is 5.56 Å². The number of dihydropyridines is 1. The number of nitrogens with zero attached hydrogens (tertiary/aromatic N) is 1. The van der Waals surface area contributed by atoms with Gasteiger partial charge in [-0.25, -0.2) is 9.18 Å². The Morgan fingerprint density at radius 2 is 2.07 bits per heavy atom. The molecule has 0 radical (unpaired) electrons. The third kappa shape index (κ3) is 5.13. The van der Waals surface area contributed by atoms with E-state index >= 15 is 0 Å². The molecule has 1 aromatic rings. The van der Waals surface area contributed by atoms with E-state index in [4.69, 9.17) is 32.7 Å². The lowest BCUT2D eigenvalue weighted by Gasteiger charge is -2.24. The van der Waals surface area contributed by atoms with Gasteiger partial charge in [0.2, 0.25) is 0 Å². The highest BCUT2D eigenvalue weighted by molar-refractivity contribution is 7.85. The average Bonchev–Trinajstić information content (AvgIpc) is 2.61. The summed E-state index contributed by atoms with van der Waals surface area (Å²) in [7, 11) is -2.63. The quantitative estimate of drug-likeness (QED) is 0.383. The van der Waals surface area contributed by atoms with Crippen molar-refractivity contribution in [1.82, 2.24) is 5.48 Å². The van der Waals surface area contributed by atoms with Crippen molar-refractivity contribution in [2.75, 3.05) is 20.0 Å². The summed E-state index contributed by atoms with van der Waals surface area (Å²) in [5, 5.41) is -1.15. The summed E-state index contributed by atoms with van der Waals surface area (Å²) in [5.74, 6) is -1.82. The molecule has 0 amide bonds. The fourth-order valence-electron chi connectivity index (χ4n) is 2.35. The second-order valence-corrected chi connectivity index (χ2v) is 7.96. The zero-order valence-electron chi connectivity index (χ0n) is 15.0. The highest BCUT2D eigenvalue weighted by Gasteiger charge is 2.33. The third-order valence-corrected chi connectivity index (χ3v) is 4.65. The lowest BCUT2D eigenvalue weighted by molar-refractivity contribution is -0.135. The molecule has 28 heavy (non-hydrogen) atoms. The van der Waals surface area contributed by atoms with E-state index in [1.54, 1.807) is 6.92 Å². The molecule has 1 aliphatic heterocycles. The van der Waals surface area contributed by atoms with Crippen molar-refractivity contribution < 1.29 is 31.4 Å². The summed E-state index contributed by atoms with van der Waals surface area (Å²) in [6.45, 7) is 1.65. The normalized spacial score (nSPS) is 19.5. The summed E-state index contributed by atoms with van der Waals surface area (Å²) >= 11 is 12.1. The number of methoxy groups -OCH3 is 1. The average molecular weight is 455 g/mol. The summed E-state index contributed by atoms with van der Waals surface area (Å²) in [6.07, 6.45) is 2.13. The number of hydroxylamine groups is 1. The number of carbonyl (C=O) groups excluding carboxylic acids is 1. The van der Waals surface area contributed by atoms with Crippen molar-refractivity contribution in [3.63, 3.8) is 0 Å². The fourth-order valence-corrected chi connectivity index (χ4v) is 3.08. The molecule has 0 aromatic heterocycles. The van der Waals surface area contributed by atoms with Gasteiger partial charge in [-0.15, -0.1) is 11.6 Å². The molecule has 154 valence electrons. The van der Waals surface area contributed by atoms with Gasteiger partial charge in [-0.2, -0.15) is 12.7 Å². The number of hydrogen-bond acceptors (Lipinski definition) is 8. The number of benzene rings is 1. The number of nitrogens with one attached hydrogen (secondary N) is 1. The van der Waals surface area contributed by atoms with E-state index in [9.17, 15) is 17.6 Å². The number of ether oxygens (including phenoxy) is 2. The van der Waals surface area contributed by atoms with Crippen molar-refractivity contribution in [3.8, 4) is 5.75 Å². The van der Waals surface area contributed by atoms with Gasteiger partial charge in [0.1, 0.15) is 11.1 Å². The molecule has 1 aromatic carbocycles. The lowest BCUT2D eigenvalue weighted by Crippen LogP contribution is -2.37. The van der Waals surface area contributed by atoms with Gasteiger partial charge in [-0.3, -0.25) is 10.5 Å². The van der Waals surface area contributed by atoms with E-state index in [2.05, 4.69) is 14.8 Å². The third-order valence-electron chi connectivity index (χ3n) is 3.53. The monoisotopic (exact) mass is 454 g/mol. The van der Waals surface area contributed by atoms with Gasteiger partial charge >= 0.3 is 5.97 Å². The van der Waals surface area contributed by atoms with Crippen molar-refractivity contribution in [2.24, 2.45) is 4.99 Å². The van der Waals surface area contributed by atoms with Crippen LogP contribution in [0, 0.1) is 5.82 Å². The summed E-state index contributed by atoms with van der Waals surface area (Å²) in [5.41, 5.74) is 1.92. The molecule has 0 saturated carbocycles. The van der Waals surface area contributed by atoms with Gasteiger partial charge in [-0.1, -0.05) is 17.7 Å². The number of carbonyl (C=O) groups is 1. The molecule has 2 rings (SSSR count). The van der Waals surface area contributed by atoms with Crippen LogP contribution in [0.5, 0.6) is 5.75 Å². The predicted molar refractivity (Wildman–Crippen MR) is 102 cm³/mol. The number of aliphatic imine (C=N–C) groups is 1. The first-order valence-corrected chi connectivity index (χ1v) is 10.5. The number of alkyl halides is 1. The Bertz CT molecular complexity index is 935. The maximum atomic E-state index is 14.8. The molecule has 0 spiro atoms. The predicted octanol–water partition coefficient (Wildman–Crippen LogP) is 2.52. The number of allylic oxidation sites excluding steroid dienone is 1. The van der Waals surface area contributed by atoms with E-state index < -0.39 is 33.3 Å². The number of hydrogen-bond donors (Lipinski definition) is 1. The molecule has 1 N–H and O–H groups in total. The molecule has 0 bridgehead atoms. The molecule has 0 fully saturated rings. The molecular weight excluding hydrogens is 438 g/mol. The van der Waals surface area contributed by atoms with Crippen LogP contribution in [0.15, 0.2) is 28.9 Å².